The van der Waals surface area contributed by atoms with Crippen LogP contribution in [0.4, 0.5) is 5.69 Å². The molecule has 2 amide bonds. The molecule has 0 bridgehead atoms. The SMILES string of the molecule is O=C(CCC1Cc2ccccc2NC1=O)NCC1(CO)CC1. The lowest BCUT2D eigenvalue weighted by molar-refractivity contribution is -0.123. The van der Waals surface area contributed by atoms with Crippen molar-refractivity contribution in [2.45, 2.75) is 32.1 Å². The van der Waals surface area contributed by atoms with Crippen LogP contribution in [0.2, 0.25) is 0 Å². The van der Waals surface area contributed by atoms with Gasteiger partial charge in [-0.3, -0.25) is 9.59 Å². The third-order valence-electron chi connectivity index (χ3n) is 4.79. The summed E-state index contributed by atoms with van der Waals surface area (Å²) in [6.45, 7) is 0.678. The van der Waals surface area contributed by atoms with Crippen LogP contribution in [-0.4, -0.2) is 30.1 Å². The van der Waals surface area contributed by atoms with Crippen molar-refractivity contribution in [2.24, 2.45) is 11.3 Å². The van der Waals surface area contributed by atoms with E-state index in [9.17, 15) is 14.7 Å². The number of hydrogen-bond donors (Lipinski definition) is 3. The van der Waals surface area contributed by atoms with Gasteiger partial charge in [0.1, 0.15) is 0 Å². The monoisotopic (exact) mass is 302 g/mol. The zero-order valence-corrected chi connectivity index (χ0v) is 12.6. The summed E-state index contributed by atoms with van der Waals surface area (Å²) in [4.78, 5) is 24.0. The van der Waals surface area contributed by atoms with Crippen LogP contribution in [0.25, 0.3) is 0 Å². The standard InChI is InChI=1S/C17H22N2O3/c20-11-17(7-8-17)10-18-15(21)6-5-13-9-12-3-1-2-4-14(12)19-16(13)22/h1-4,13,20H,5-11H2,(H,18,21)(H,19,22). The highest BCUT2D eigenvalue weighted by atomic mass is 16.3. The second-order valence-electron chi connectivity index (χ2n) is 6.52. The molecule has 1 aromatic rings. The van der Waals surface area contributed by atoms with Gasteiger partial charge in [0.05, 0.1) is 6.61 Å². The molecule has 0 aromatic heterocycles. The molecule has 2 aliphatic rings. The molecule has 0 spiro atoms. The lowest BCUT2D eigenvalue weighted by atomic mass is 9.89. The second kappa shape index (κ2) is 6.08. The first-order valence-corrected chi connectivity index (χ1v) is 7.88. The van der Waals surface area contributed by atoms with Gasteiger partial charge in [-0.1, -0.05) is 18.2 Å². The normalized spacial score (nSPS) is 21.7. The minimum Gasteiger partial charge on any atom is -0.396 e. The molecule has 3 rings (SSSR count). The van der Waals surface area contributed by atoms with Gasteiger partial charge in [-0.15, -0.1) is 0 Å². The summed E-state index contributed by atoms with van der Waals surface area (Å²) < 4.78 is 0. The van der Waals surface area contributed by atoms with Crippen molar-refractivity contribution in [1.82, 2.24) is 5.32 Å². The van der Waals surface area contributed by atoms with Crippen LogP contribution in [0.5, 0.6) is 0 Å². The number of carbonyl (C=O) groups is 2. The fraction of sp³-hybridized carbons (Fsp3) is 0.529. The molecule has 1 saturated carbocycles. The van der Waals surface area contributed by atoms with E-state index >= 15 is 0 Å². The first-order chi connectivity index (χ1) is 10.6. The summed E-state index contributed by atoms with van der Waals surface area (Å²) in [6, 6.07) is 7.78. The molecule has 1 unspecified atom stereocenters. The summed E-state index contributed by atoms with van der Waals surface area (Å²) in [6.07, 6.45) is 3.55. The minimum atomic E-state index is -0.145. The number of amides is 2. The number of nitrogens with one attached hydrogen (secondary N) is 2. The van der Waals surface area contributed by atoms with Gasteiger partial charge in [0.2, 0.25) is 11.8 Å². The van der Waals surface area contributed by atoms with Crippen LogP contribution in [0, 0.1) is 11.3 Å². The second-order valence-corrected chi connectivity index (χ2v) is 6.52. The topological polar surface area (TPSA) is 78.4 Å². The fourth-order valence-electron chi connectivity index (χ4n) is 2.89. The lowest BCUT2D eigenvalue weighted by Crippen LogP contribution is -2.34. The van der Waals surface area contributed by atoms with Gasteiger partial charge in [0, 0.05) is 30.0 Å². The van der Waals surface area contributed by atoms with Crippen LogP contribution in [0.15, 0.2) is 24.3 Å². The van der Waals surface area contributed by atoms with Gasteiger partial charge in [-0.05, 0) is 37.3 Å². The van der Waals surface area contributed by atoms with Crippen LogP contribution in [-0.2, 0) is 16.0 Å². The van der Waals surface area contributed by atoms with Crippen molar-refractivity contribution in [2.75, 3.05) is 18.5 Å². The summed E-state index contributed by atoms with van der Waals surface area (Å²) in [5, 5.41) is 15.0. The van der Waals surface area contributed by atoms with Crippen LogP contribution in [0.3, 0.4) is 0 Å². The molecular weight excluding hydrogens is 280 g/mol. The predicted molar refractivity (Wildman–Crippen MR) is 83.3 cm³/mol. The molecule has 1 aliphatic heterocycles. The average molecular weight is 302 g/mol. The van der Waals surface area contributed by atoms with E-state index < -0.39 is 0 Å². The van der Waals surface area contributed by atoms with E-state index in [2.05, 4.69) is 10.6 Å². The Labute approximate surface area is 130 Å². The largest absolute Gasteiger partial charge is 0.396 e. The molecule has 0 saturated heterocycles. The summed E-state index contributed by atoms with van der Waals surface area (Å²) in [5.41, 5.74) is 1.94. The smallest absolute Gasteiger partial charge is 0.227 e. The lowest BCUT2D eigenvalue weighted by Gasteiger charge is -2.24. The average Bonchev–Trinajstić information content (AvgIpc) is 3.31. The van der Waals surface area contributed by atoms with Crippen LogP contribution in [0.1, 0.15) is 31.2 Å². The number of aliphatic hydroxyl groups is 1. The maximum absolute atomic E-state index is 12.1. The maximum Gasteiger partial charge on any atom is 0.227 e. The first kappa shape index (κ1) is 15.0. The molecule has 22 heavy (non-hydrogen) atoms. The number of anilines is 1. The highest BCUT2D eigenvalue weighted by molar-refractivity contribution is 5.96. The van der Waals surface area contributed by atoms with Crippen LogP contribution < -0.4 is 10.6 Å². The Morgan fingerprint density at radius 3 is 2.86 bits per heavy atom. The Morgan fingerprint density at radius 2 is 2.14 bits per heavy atom. The molecule has 1 aromatic carbocycles. The molecule has 5 nitrogen and oxygen atoms in total. The fourth-order valence-corrected chi connectivity index (χ4v) is 2.89. The van der Waals surface area contributed by atoms with Gasteiger partial charge in [-0.25, -0.2) is 0 Å². The summed E-state index contributed by atoms with van der Waals surface area (Å²) in [5.74, 6) is -0.180. The molecule has 5 heteroatoms. The minimum absolute atomic E-state index is 0.000483. The Bertz CT molecular complexity index is 581. The van der Waals surface area contributed by atoms with E-state index in [1.807, 2.05) is 24.3 Å². The van der Waals surface area contributed by atoms with Crippen molar-refractivity contribution in [3.05, 3.63) is 29.8 Å². The van der Waals surface area contributed by atoms with E-state index in [4.69, 9.17) is 0 Å². The number of para-hydroxylation sites is 1. The van der Waals surface area contributed by atoms with Crippen molar-refractivity contribution in [3.63, 3.8) is 0 Å². The molecular formula is C17H22N2O3. The third-order valence-corrected chi connectivity index (χ3v) is 4.79. The van der Waals surface area contributed by atoms with Crippen molar-refractivity contribution < 1.29 is 14.7 Å². The predicted octanol–water partition coefficient (Wildman–Crippen LogP) is 1.47. The van der Waals surface area contributed by atoms with Gasteiger partial charge in [0.25, 0.3) is 0 Å². The van der Waals surface area contributed by atoms with Crippen molar-refractivity contribution in [1.29, 1.82) is 0 Å². The van der Waals surface area contributed by atoms with Gasteiger partial charge >= 0.3 is 0 Å². The van der Waals surface area contributed by atoms with Gasteiger partial charge in [-0.2, -0.15) is 0 Å². The third kappa shape index (κ3) is 3.30. The first-order valence-electron chi connectivity index (χ1n) is 7.88. The number of fused-ring (bicyclic) bond motifs is 1. The maximum atomic E-state index is 12.1. The molecule has 1 heterocycles. The molecule has 1 aliphatic carbocycles. The van der Waals surface area contributed by atoms with Crippen molar-refractivity contribution >= 4 is 17.5 Å². The molecule has 3 N–H and O–H groups in total. The number of rotatable bonds is 6. The summed E-state index contributed by atoms with van der Waals surface area (Å²) in [7, 11) is 0. The highest BCUT2D eigenvalue weighted by Gasteiger charge is 2.42. The van der Waals surface area contributed by atoms with Crippen molar-refractivity contribution in [3.8, 4) is 0 Å². The number of carbonyl (C=O) groups excluding carboxylic acids is 2. The highest BCUT2D eigenvalue weighted by Crippen LogP contribution is 2.44. The number of aliphatic hydroxyl groups excluding tert-OH is 1. The van der Waals surface area contributed by atoms with Gasteiger partial charge in [0.15, 0.2) is 0 Å². The van der Waals surface area contributed by atoms with E-state index in [1.165, 1.54) is 0 Å². The Morgan fingerprint density at radius 1 is 1.36 bits per heavy atom. The quantitative estimate of drug-likeness (QED) is 0.744. The van der Waals surface area contributed by atoms with Crippen LogP contribution >= 0.6 is 0 Å². The summed E-state index contributed by atoms with van der Waals surface area (Å²) >= 11 is 0. The molecule has 0 radical (unpaired) electrons. The van der Waals surface area contributed by atoms with Gasteiger partial charge < -0.3 is 15.7 Å². The van der Waals surface area contributed by atoms with E-state index in [0.717, 1.165) is 24.1 Å². The number of benzene rings is 1. The van der Waals surface area contributed by atoms with E-state index in [0.29, 0.717) is 25.8 Å². The Hall–Kier alpha value is -1.88. The number of hydrogen-bond acceptors (Lipinski definition) is 3. The molecule has 1 atom stereocenters. The molecule has 118 valence electrons. The van der Waals surface area contributed by atoms with E-state index in [1.54, 1.807) is 0 Å². The Kier molecular flexibility index (Phi) is 4.16. The Balaban J connectivity index is 1.47. The molecule has 1 fully saturated rings. The zero-order chi connectivity index (χ0) is 15.6. The van der Waals surface area contributed by atoms with E-state index in [-0.39, 0.29) is 29.8 Å². The zero-order valence-electron chi connectivity index (χ0n) is 12.6.